The van der Waals surface area contributed by atoms with Crippen molar-refractivity contribution in [3.8, 4) is 0 Å². The standard InChI is InChI=1S/C8H17NO2S/c1-2-3-5-9-8-4-6-12(10,11)7-8/h8-9H,2-7H2,1H3/t8-/m0/s1. The Kier molecular flexibility index (Phi) is 3.53. The van der Waals surface area contributed by atoms with E-state index in [1.54, 1.807) is 0 Å². The first-order valence-electron chi connectivity index (χ1n) is 4.58. The molecule has 4 heteroatoms. The van der Waals surface area contributed by atoms with Crippen LogP contribution in [-0.4, -0.2) is 32.5 Å². The van der Waals surface area contributed by atoms with E-state index in [1.165, 1.54) is 0 Å². The number of rotatable bonds is 4. The minimum absolute atomic E-state index is 0.224. The summed E-state index contributed by atoms with van der Waals surface area (Å²) in [6.45, 7) is 3.09. The minimum atomic E-state index is -2.70. The van der Waals surface area contributed by atoms with Gasteiger partial charge in [0.2, 0.25) is 0 Å². The summed E-state index contributed by atoms with van der Waals surface area (Å²) in [5.41, 5.74) is 0. The van der Waals surface area contributed by atoms with Crippen LogP contribution in [-0.2, 0) is 9.84 Å². The Balaban J connectivity index is 2.20. The molecule has 1 heterocycles. The number of hydrogen-bond acceptors (Lipinski definition) is 3. The first-order valence-corrected chi connectivity index (χ1v) is 6.40. The van der Waals surface area contributed by atoms with Gasteiger partial charge in [-0.1, -0.05) is 13.3 Å². The largest absolute Gasteiger partial charge is 0.313 e. The third kappa shape index (κ3) is 3.11. The number of unbranched alkanes of at least 4 members (excludes halogenated alkanes) is 1. The Morgan fingerprint density at radius 3 is 2.75 bits per heavy atom. The molecule has 0 unspecified atom stereocenters. The Hall–Kier alpha value is -0.0900. The lowest BCUT2D eigenvalue weighted by molar-refractivity contribution is 0.539. The van der Waals surface area contributed by atoms with E-state index in [4.69, 9.17) is 0 Å². The molecule has 1 N–H and O–H groups in total. The van der Waals surface area contributed by atoms with Crippen molar-refractivity contribution in [3.63, 3.8) is 0 Å². The smallest absolute Gasteiger partial charge is 0.151 e. The minimum Gasteiger partial charge on any atom is -0.313 e. The Morgan fingerprint density at radius 2 is 2.25 bits per heavy atom. The van der Waals surface area contributed by atoms with Gasteiger partial charge in [0, 0.05) is 6.04 Å². The third-order valence-corrected chi connectivity index (χ3v) is 3.96. The average molecular weight is 191 g/mol. The van der Waals surface area contributed by atoms with Crippen LogP contribution < -0.4 is 5.32 Å². The summed E-state index contributed by atoms with van der Waals surface area (Å²) in [6, 6.07) is 0.224. The van der Waals surface area contributed by atoms with Crippen molar-refractivity contribution in [1.82, 2.24) is 5.32 Å². The summed E-state index contributed by atoms with van der Waals surface area (Å²) in [4.78, 5) is 0. The van der Waals surface area contributed by atoms with Crippen molar-refractivity contribution in [3.05, 3.63) is 0 Å². The molecule has 0 spiro atoms. The fraction of sp³-hybridized carbons (Fsp3) is 1.00. The summed E-state index contributed by atoms with van der Waals surface area (Å²) >= 11 is 0. The van der Waals surface area contributed by atoms with E-state index in [9.17, 15) is 8.42 Å². The van der Waals surface area contributed by atoms with Crippen LogP contribution in [0.5, 0.6) is 0 Å². The van der Waals surface area contributed by atoms with Gasteiger partial charge in [0.25, 0.3) is 0 Å². The SMILES string of the molecule is CCCCN[C@H]1CCS(=O)(=O)C1. The highest BCUT2D eigenvalue weighted by Crippen LogP contribution is 2.10. The van der Waals surface area contributed by atoms with E-state index in [1.807, 2.05) is 0 Å². The van der Waals surface area contributed by atoms with Crippen LogP contribution in [0.15, 0.2) is 0 Å². The topological polar surface area (TPSA) is 46.2 Å². The van der Waals surface area contributed by atoms with E-state index in [0.29, 0.717) is 11.5 Å². The predicted molar refractivity (Wildman–Crippen MR) is 50.0 cm³/mol. The van der Waals surface area contributed by atoms with Gasteiger partial charge in [-0.3, -0.25) is 0 Å². The summed E-state index contributed by atoms with van der Waals surface area (Å²) in [5, 5.41) is 3.26. The highest BCUT2D eigenvalue weighted by Gasteiger charge is 2.26. The van der Waals surface area contributed by atoms with Gasteiger partial charge in [0.1, 0.15) is 0 Å². The van der Waals surface area contributed by atoms with Crippen LogP contribution in [0.25, 0.3) is 0 Å². The quantitative estimate of drug-likeness (QED) is 0.661. The van der Waals surface area contributed by atoms with Gasteiger partial charge in [-0.2, -0.15) is 0 Å². The molecule has 0 aromatic heterocycles. The lowest BCUT2D eigenvalue weighted by atomic mass is 10.2. The molecule has 1 fully saturated rings. The molecule has 0 aromatic rings. The zero-order valence-corrected chi connectivity index (χ0v) is 8.36. The molecule has 0 aliphatic carbocycles. The second kappa shape index (κ2) is 4.23. The summed E-state index contributed by atoms with van der Waals surface area (Å²) < 4.78 is 22.1. The van der Waals surface area contributed by atoms with Crippen LogP contribution in [0.2, 0.25) is 0 Å². The first-order chi connectivity index (χ1) is 5.64. The van der Waals surface area contributed by atoms with Gasteiger partial charge in [-0.05, 0) is 19.4 Å². The Labute approximate surface area is 74.5 Å². The van der Waals surface area contributed by atoms with E-state index in [2.05, 4.69) is 12.2 Å². The lowest BCUT2D eigenvalue weighted by Gasteiger charge is -2.08. The lowest BCUT2D eigenvalue weighted by Crippen LogP contribution is -2.30. The molecule has 1 atom stereocenters. The van der Waals surface area contributed by atoms with Crippen LogP contribution in [0.3, 0.4) is 0 Å². The van der Waals surface area contributed by atoms with Crippen molar-refractivity contribution in [2.45, 2.75) is 32.2 Å². The van der Waals surface area contributed by atoms with Crippen molar-refractivity contribution < 1.29 is 8.42 Å². The summed E-state index contributed by atoms with van der Waals surface area (Å²) in [5.74, 6) is 0.716. The molecule has 1 aliphatic rings. The molecular weight excluding hydrogens is 174 g/mol. The molecule has 0 bridgehead atoms. The van der Waals surface area contributed by atoms with Gasteiger partial charge < -0.3 is 5.32 Å². The molecular formula is C8H17NO2S. The molecule has 0 radical (unpaired) electrons. The molecule has 1 aliphatic heterocycles. The van der Waals surface area contributed by atoms with E-state index in [-0.39, 0.29) is 6.04 Å². The normalized spacial score (nSPS) is 27.6. The zero-order chi connectivity index (χ0) is 9.03. The molecule has 0 saturated carbocycles. The molecule has 72 valence electrons. The van der Waals surface area contributed by atoms with Crippen molar-refractivity contribution in [1.29, 1.82) is 0 Å². The maximum absolute atomic E-state index is 11.0. The first kappa shape index (κ1) is 9.99. The second-order valence-corrected chi connectivity index (χ2v) is 5.64. The molecule has 1 rings (SSSR count). The fourth-order valence-electron chi connectivity index (χ4n) is 1.44. The predicted octanol–water partition coefficient (Wildman–Crippen LogP) is 0.563. The molecule has 0 aromatic carbocycles. The van der Waals surface area contributed by atoms with E-state index >= 15 is 0 Å². The van der Waals surface area contributed by atoms with Crippen LogP contribution in [0.1, 0.15) is 26.2 Å². The monoisotopic (exact) mass is 191 g/mol. The number of hydrogen-bond donors (Lipinski definition) is 1. The van der Waals surface area contributed by atoms with Crippen molar-refractivity contribution >= 4 is 9.84 Å². The van der Waals surface area contributed by atoms with Gasteiger partial charge in [-0.15, -0.1) is 0 Å². The Bertz CT molecular complexity index is 223. The molecule has 3 nitrogen and oxygen atoms in total. The van der Waals surface area contributed by atoms with Gasteiger partial charge in [0.15, 0.2) is 9.84 Å². The molecule has 0 amide bonds. The summed E-state index contributed by atoms with van der Waals surface area (Å²) in [6.07, 6.45) is 3.09. The van der Waals surface area contributed by atoms with Crippen LogP contribution in [0, 0.1) is 0 Å². The second-order valence-electron chi connectivity index (χ2n) is 3.41. The van der Waals surface area contributed by atoms with E-state index in [0.717, 1.165) is 25.8 Å². The van der Waals surface area contributed by atoms with Crippen LogP contribution in [0.4, 0.5) is 0 Å². The third-order valence-electron chi connectivity index (χ3n) is 2.20. The van der Waals surface area contributed by atoms with Gasteiger partial charge >= 0.3 is 0 Å². The molecule has 12 heavy (non-hydrogen) atoms. The molecule has 1 saturated heterocycles. The maximum Gasteiger partial charge on any atom is 0.151 e. The highest BCUT2D eigenvalue weighted by atomic mass is 32.2. The summed E-state index contributed by atoms with van der Waals surface area (Å²) in [7, 11) is -2.70. The van der Waals surface area contributed by atoms with Gasteiger partial charge in [0.05, 0.1) is 11.5 Å². The average Bonchev–Trinajstić information content (AvgIpc) is 2.31. The van der Waals surface area contributed by atoms with Gasteiger partial charge in [-0.25, -0.2) is 8.42 Å². The number of sulfone groups is 1. The number of nitrogens with one attached hydrogen (secondary N) is 1. The fourth-order valence-corrected chi connectivity index (χ4v) is 3.15. The Morgan fingerprint density at radius 1 is 1.50 bits per heavy atom. The van der Waals surface area contributed by atoms with Crippen molar-refractivity contribution in [2.75, 3.05) is 18.1 Å². The van der Waals surface area contributed by atoms with Crippen LogP contribution >= 0.6 is 0 Å². The zero-order valence-electron chi connectivity index (χ0n) is 7.54. The maximum atomic E-state index is 11.0. The van der Waals surface area contributed by atoms with E-state index < -0.39 is 9.84 Å². The van der Waals surface area contributed by atoms with Crippen molar-refractivity contribution in [2.24, 2.45) is 0 Å². The highest BCUT2D eigenvalue weighted by molar-refractivity contribution is 7.91.